The van der Waals surface area contributed by atoms with E-state index in [1.165, 1.54) is 10.4 Å². The highest BCUT2D eigenvalue weighted by molar-refractivity contribution is 9.11. The molecule has 0 amide bonds. The molecule has 0 unspecified atom stereocenters. The fourth-order valence-electron chi connectivity index (χ4n) is 1.40. The lowest BCUT2D eigenvalue weighted by molar-refractivity contribution is 0.699. The third-order valence-corrected chi connectivity index (χ3v) is 4.32. The molecular weight excluding hydrogens is 350 g/mol. The van der Waals surface area contributed by atoms with Crippen molar-refractivity contribution in [3.63, 3.8) is 0 Å². The molecule has 0 atom stereocenters. The summed E-state index contributed by atoms with van der Waals surface area (Å²) >= 11 is 8.79. The summed E-state index contributed by atoms with van der Waals surface area (Å²) in [6.07, 6.45) is 0. The van der Waals surface area contributed by atoms with Gasteiger partial charge in [0, 0.05) is 26.9 Å². The van der Waals surface area contributed by atoms with Gasteiger partial charge in [-0.2, -0.15) is 0 Å². The quantitative estimate of drug-likeness (QED) is 0.842. The first kappa shape index (κ1) is 12.3. The van der Waals surface area contributed by atoms with Crippen molar-refractivity contribution < 1.29 is 0 Å². The lowest BCUT2D eigenvalue weighted by atomic mass is 10.2. The van der Waals surface area contributed by atoms with Gasteiger partial charge < -0.3 is 5.32 Å². The zero-order valence-corrected chi connectivity index (χ0v) is 12.5. The second-order valence-corrected chi connectivity index (χ2v) is 6.22. The predicted molar refractivity (Wildman–Crippen MR) is 76.7 cm³/mol. The van der Waals surface area contributed by atoms with Crippen LogP contribution in [-0.2, 0) is 13.1 Å². The van der Waals surface area contributed by atoms with E-state index in [-0.39, 0.29) is 0 Å². The molecule has 0 spiro atoms. The monoisotopic (exact) mass is 359 g/mol. The van der Waals surface area contributed by atoms with Crippen LogP contribution in [0.1, 0.15) is 10.4 Å². The van der Waals surface area contributed by atoms with Crippen molar-refractivity contribution in [2.45, 2.75) is 13.1 Å². The molecule has 2 rings (SSSR count). The van der Waals surface area contributed by atoms with Gasteiger partial charge in [0.05, 0.1) is 0 Å². The van der Waals surface area contributed by atoms with E-state index < -0.39 is 0 Å². The number of benzene rings is 1. The van der Waals surface area contributed by atoms with Crippen LogP contribution >= 0.6 is 43.2 Å². The lowest BCUT2D eigenvalue weighted by Gasteiger charge is -2.06. The van der Waals surface area contributed by atoms with Crippen LogP contribution in [0.2, 0.25) is 0 Å². The number of halogens is 2. The van der Waals surface area contributed by atoms with Gasteiger partial charge >= 0.3 is 0 Å². The molecule has 0 aliphatic carbocycles. The first-order valence-electron chi connectivity index (χ1n) is 4.93. The highest BCUT2D eigenvalue weighted by Crippen LogP contribution is 2.21. The Bertz CT molecular complexity index is 454. The first-order valence-corrected chi connectivity index (χ1v) is 7.39. The standard InChI is InChI=1S/C12H11Br2NS/c13-10-4-3-9(12(14)6-10)7-15-8-11-2-1-5-16-11/h1-6,15H,7-8H2. The van der Waals surface area contributed by atoms with Crippen LogP contribution in [0.25, 0.3) is 0 Å². The molecule has 1 aromatic heterocycles. The maximum absolute atomic E-state index is 3.56. The molecule has 16 heavy (non-hydrogen) atoms. The van der Waals surface area contributed by atoms with Crippen LogP contribution in [0, 0.1) is 0 Å². The summed E-state index contributed by atoms with van der Waals surface area (Å²) in [5, 5.41) is 5.53. The van der Waals surface area contributed by atoms with Crippen LogP contribution in [0.15, 0.2) is 44.7 Å². The van der Waals surface area contributed by atoms with E-state index in [9.17, 15) is 0 Å². The molecule has 0 aliphatic rings. The molecule has 84 valence electrons. The Morgan fingerprint density at radius 3 is 2.69 bits per heavy atom. The van der Waals surface area contributed by atoms with E-state index in [2.05, 4.69) is 72.9 Å². The smallest absolute Gasteiger partial charge is 0.0302 e. The fourth-order valence-corrected chi connectivity index (χ4v) is 3.26. The highest BCUT2D eigenvalue weighted by Gasteiger charge is 2.00. The van der Waals surface area contributed by atoms with Crippen molar-refractivity contribution in [1.82, 2.24) is 5.32 Å². The second kappa shape index (κ2) is 5.96. The molecule has 1 aromatic carbocycles. The maximum atomic E-state index is 3.56. The minimum atomic E-state index is 0.881. The molecule has 1 N–H and O–H groups in total. The van der Waals surface area contributed by atoms with Gasteiger partial charge in [0.15, 0.2) is 0 Å². The summed E-state index contributed by atoms with van der Waals surface area (Å²) in [4.78, 5) is 1.37. The first-order chi connectivity index (χ1) is 7.75. The minimum absolute atomic E-state index is 0.881. The molecule has 0 radical (unpaired) electrons. The second-order valence-electron chi connectivity index (χ2n) is 3.42. The normalized spacial score (nSPS) is 10.6. The van der Waals surface area contributed by atoms with Crippen molar-refractivity contribution in [2.24, 2.45) is 0 Å². The van der Waals surface area contributed by atoms with Gasteiger partial charge in [-0.15, -0.1) is 11.3 Å². The van der Waals surface area contributed by atoms with Crippen LogP contribution in [0.5, 0.6) is 0 Å². The van der Waals surface area contributed by atoms with Crippen molar-refractivity contribution in [3.8, 4) is 0 Å². The summed E-state index contributed by atoms with van der Waals surface area (Å²) in [5.41, 5.74) is 1.28. The van der Waals surface area contributed by atoms with Gasteiger partial charge in [-0.25, -0.2) is 0 Å². The molecule has 0 aliphatic heterocycles. The van der Waals surface area contributed by atoms with E-state index in [0.29, 0.717) is 0 Å². The average molecular weight is 361 g/mol. The van der Waals surface area contributed by atoms with Crippen molar-refractivity contribution in [1.29, 1.82) is 0 Å². The van der Waals surface area contributed by atoms with Crippen LogP contribution < -0.4 is 5.32 Å². The van der Waals surface area contributed by atoms with E-state index in [0.717, 1.165) is 22.0 Å². The minimum Gasteiger partial charge on any atom is -0.308 e. The molecule has 0 fully saturated rings. The number of rotatable bonds is 4. The average Bonchev–Trinajstić information content (AvgIpc) is 2.74. The summed E-state index contributed by atoms with van der Waals surface area (Å²) in [6, 6.07) is 10.5. The number of nitrogens with one attached hydrogen (secondary N) is 1. The Labute approximate surface area is 116 Å². The maximum Gasteiger partial charge on any atom is 0.0302 e. The summed E-state index contributed by atoms with van der Waals surface area (Å²) in [6.45, 7) is 1.81. The van der Waals surface area contributed by atoms with Gasteiger partial charge in [-0.05, 0) is 29.1 Å². The lowest BCUT2D eigenvalue weighted by Crippen LogP contribution is -2.12. The molecule has 0 bridgehead atoms. The largest absolute Gasteiger partial charge is 0.308 e. The molecule has 1 nitrogen and oxygen atoms in total. The number of hydrogen-bond donors (Lipinski definition) is 1. The fraction of sp³-hybridized carbons (Fsp3) is 0.167. The van der Waals surface area contributed by atoms with Gasteiger partial charge in [0.1, 0.15) is 0 Å². The summed E-state index contributed by atoms with van der Waals surface area (Å²) in [7, 11) is 0. The van der Waals surface area contributed by atoms with Crippen molar-refractivity contribution in [2.75, 3.05) is 0 Å². The topological polar surface area (TPSA) is 12.0 Å². The van der Waals surface area contributed by atoms with Crippen molar-refractivity contribution >= 4 is 43.2 Å². The van der Waals surface area contributed by atoms with E-state index in [1.807, 2.05) is 0 Å². The summed E-state index contributed by atoms with van der Waals surface area (Å²) in [5.74, 6) is 0. The zero-order valence-electron chi connectivity index (χ0n) is 8.54. The molecule has 2 aromatic rings. The summed E-state index contributed by atoms with van der Waals surface area (Å²) < 4.78 is 2.24. The molecule has 4 heteroatoms. The Morgan fingerprint density at radius 2 is 2.00 bits per heavy atom. The Kier molecular flexibility index (Phi) is 4.58. The third-order valence-electron chi connectivity index (χ3n) is 2.21. The molecular formula is C12H11Br2NS. The highest BCUT2D eigenvalue weighted by atomic mass is 79.9. The Hall–Kier alpha value is -0.160. The zero-order chi connectivity index (χ0) is 11.4. The van der Waals surface area contributed by atoms with Crippen LogP contribution in [0.3, 0.4) is 0 Å². The van der Waals surface area contributed by atoms with Crippen LogP contribution in [-0.4, -0.2) is 0 Å². The van der Waals surface area contributed by atoms with Gasteiger partial charge in [-0.3, -0.25) is 0 Å². The SMILES string of the molecule is Brc1ccc(CNCc2cccs2)c(Br)c1. The van der Waals surface area contributed by atoms with Gasteiger partial charge in [0.2, 0.25) is 0 Å². The van der Waals surface area contributed by atoms with Crippen LogP contribution in [0.4, 0.5) is 0 Å². The Balaban J connectivity index is 1.90. The van der Waals surface area contributed by atoms with E-state index >= 15 is 0 Å². The molecule has 1 heterocycles. The predicted octanol–water partition coefficient (Wildman–Crippen LogP) is 4.56. The van der Waals surface area contributed by atoms with E-state index in [4.69, 9.17) is 0 Å². The van der Waals surface area contributed by atoms with E-state index in [1.54, 1.807) is 11.3 Å². The van der Waals surface area contributed by atoms with Gasteiger partial charge in [-0.1, -0.05) is 44.0 Å². The number of thiophene rings is 1. The Morgan fingerprint density at radius 1 is 1.12 bits per heavy atom. The van der Waals surface area contributed by atoms with Gasteiger partial charge in [0.25, 0.3) is 0 Å². The number of hydrogen-bond acceptors (Lipinski definition) is 2. The molecule has 0 saturated carbocycles. The van der Waals surface area contributed by atoms with Crippen molar-refractivity contribution in [3.05, 3.63) is 55.1 Å². The molecule has 0 saturated heterocycles. The third kappa shape index (κ3) is 3.42.